The minimum absolute atomic E-state index is 0.0510. The van der Waals surface area contributed by atoms with Gasteiger partial charge in [-0.15, -0.1) is 0 Å². The highest BCUT2D eigenvalue weighted by Crippen LogP contribution is 2.46. The van der Waals surface area contributed by atoms with E-state index in [1.165, 1.54) is 0 Å². The summed E-state index contributed by atoms with van der Waals surface area (Å²) >= 11 is 6.35. The molecule has 32 heavy (non-hydrogen) atoms. The number of hydrogen-bond donors (Lipinski definition) is 2. The topological polar surface area (TPSA) is 77.4 Å². The quantitative estimate of drug-likeness (QED) is 0.558. The third-order valence-corrected chi connectivity index (χ3v) is 5.70. The fourth-order valence-corrected chi connectivity index (χ4v) is 4.07. The first-order valence-electron chi connectivity index (χ1n) is 9.68. The molecule has 3 aromatic rings. The largest absolute Gasteiger partial charge is 0.454 e. The maximum absolute atomic E-state index is 13.9. The van der Waals surface area contributed by atoms with Gasteiger partial charge in [0.1, 0.15) is 10.8 Å². The molecule has 11 heteroatoms. The summed E-state index contributed by atoms with van der Waals surface area (Å²) in [5.41, 5.74) is 0.732. The summed E-state index contributed by atoms with van der Waals surface area (Å²) in [7, 11) is 0. The fourth-order valence-electron chi connectivity index (χ4n) is 3.80. The van der Waals surface area contributed by atoms with Gasteiger partial charge in [0.05, 0.1) is 6.04 Å². The van der Waals surface area contributed by atoms with Crippen LogP contribution in [0.15, 0.2) is 48.5 Å². The standard InChI is InChI=1S/C21H16ClF3N4O3/c22-17-18(20(30)26-12-6-7-14-15(8-12)32-10-31-14)28-29-16(21(23,24)25)9-13(27-19(17)29)11-4-2-1-3-5-11/h1-8,13,16,27H,9-10H2,(H,26,30)/t13-,16+/m0/s1. The lowest BCUT2D eigenvalue weighted by Crippen LogP contribution is -2.35. The predicted molar refractivity (Wildman–Crippen MR) is 110 cm³/mol. The average Bonchev–Trinajstić information content (AvgIpc) is 3.37. The smallest absolute Gasteiger partial charge is 0.410 e. The Bertz CT molecular complexity index is 1180. The van der Waals surface area contributed by atoms with E-state index in [9.17, 15) is 18.0 Å². The molecule has 2 atom stereocenters. The van der Waals surface area contributed by atoms with Crippen LogP contribution in [0.2, 0.25) is 5.02 Å². The number of nitrogens with zero attached hydrogens (tertiary/aromatic N) is 2. The number of amides is 1. The van der Waals surface area contributed by atoms with Gasteiger partial charge in [0.2, 0.25) is 6.79 Å². The fraction of sp³-hybridized carbons (Fsp3) is 0.238. The lowest BCUT2D eigenvalue weighted by molar-refractivity contribution is -0.173. The van der Waals surface area contributed by atoms with Crippen LogP contribution in [0.3, 0.4) is 0 Å². The Balaban J connectivity index is 1.47. The highest BCUT2D eigenvalue weighted by Gasteiger charge is 2.47. The Hall–Kier alpha value is -3.40. The second-order valence-corrected chi connectivity index (χ2v) is 7.76. The Morgan fingerprint density at radius 2 is 1.91 bits per heavy atom. The van der Waals surface area contributed by atoms with Gasteiger partial charge in [-0.1, -0.05) is 41.9 Å². The highest BCUT2D eigenvalue weighted by molar-refractivity contribution is 6.36. The number of rotatable bonds is 3. The minimum atomic E-state index is -4.58. The van der Waals surface area contributed by atoms with E-state index in [2.05, 4.69) is 15.7 Å². The van der Waals surface area contributed by atoms with Crippen LogP contribution in [0.4, 0.5) is 24.7 Å². The van der Waals surface area contributed by atoms with Crippen LogP contribution in [0.25, 0.3) is 0 Å². The van der Waals surface area contributed by atoms with Crippen molar-refractivity contribution in [2.75, 3.05) is 17.4 Å². The van der Waals surface area contributed by atoms with Gasteiger partial charge in [-0.05, 0) is 17.7 Å². The van der Waals surface area contributed by atoms with Crippen LogP contribution in [0, 0.1) is 0 Å². The van der Waals surface area contributed by atoms with E-state index < -0.39 is 24.2 Å². The van der Waals surface area contributed by atoms with Crippen molar-refractivity contribution < 1.29 is 27.4 Å². The average molecular weight is 465 g/mol. The molecule has 2 N–H and O–H groups in total. The lowest BCUT2D eigenvalue weighted by atomic mass is 9.97. The first-order valence-corrected chi connectivity index (χ1v) is 10.1. The summed E-state index contributed by atoms with van der Waals surface area (Å²) in [6.07, 6.45) is -4.87. The molecule has 0 bridgehead atoms. The lowest BCUT2D eigenvalue weighted by Gasteiger charge is -2.33. The summed E-state index contributed by atoms with van der Waals surface area (Å²) in [4.78, 5) is 12.8. The van der Waals surface area contributed by atoms with Crippen molar-refractivity contribution in [3.8, 4) is 11.5 Å². The molecule has 0 saturated heterocycles. The number of alkyl halides is 3. The van der Waals surface area contributed by atoms with Crippen molar-refractivity contribution in [2.24, 2.45) is 0 Å². The molecular formula is C21H16ClF3N4O3. The zero-order valence-corrected chi connectivity index (χ0v) is 17.1. The number of nitrogens with one attached hydrogen (secondary N) is 2. The van der Waals surface area contributed by atoms with Crippen LogP contribution in [-0.2, 0) is 0 Å². The molecule has 2 aromatic carbocycles. The Kier molecular flexibility index (Phi) is 4.89. The number of benzene rings is 2. The highest BCUT2D eigenvalue weighted by atomic mass is 35.5. The van der Waals surface area contributed by atoms with Gasteiger partial charge >= 0.3 is 6.18 Å². The van der Waals surface area contributed by atoms with E-state index >= 15 is 0 Å². The normalized spacial score (nSPS) is 19.2. The van der Waals surface area contributed by atoms with Gasteiger partial charge in [0, 0.05) is 18.2 Å². The monoisotopic (exact) mass is 464 g/mol. The van der Waals surface area contributed by atoms with Crippen molar-refractivity contribution >= 4 is 29.0 Å². The van der Waals surface area contributed by atoms with Gasteiger partial charge < -0.3 is 20.1 Å². The summed E-state index contributed by atoms with van der Waals surface area (Å²) in [6, 6.07) is 10.9. The minimum Gasteiger partial charge on any atom is -0.454 e. The number of anilines is 2. The SMILES string of the molecule is O=C(Nc1ccc2c(c1)OCO2)c1nn2c(c1Cl)N[C@H](c1ccccc1)C[C@@H]2C(F)(F)F. The third kappa shape index (κ3) is 3.60. The molecule has 0 spiro atoms. The second kappa shape index (κ2) is 7.63. The van der Waals surface area contributed by atoms with Gasteiger partial charge in [-0.25, -0.2) is 4.68 Å². The molecule has 0 aliphatic carbocycles. The Morgan fingerprint density at radius 1 is 1.16 bits per heavy atom. The molecule has 2 aliphatic heterocycles. The van der Waals surface area contributed by atoms with E-state index in [0.29, 0.717) is 22.7 Å². The zero-order valence-electron chi connectivity index (χ0n) is 16.3. The molecule has 0 radical (unpaired) electrons. The number of carbonyl (C=O) groups excluding carboxylic acids is 1. The molecule has 0 fully saturated rings. The van der Waals surface area contributed by atoms with E-state index in [1.54, 1.807) is 48.5 Å². The molecule has 2 aliphatic rings. The molecule has 3 heterocycles. The van der Waals surface area contributed by atoms with E-state index in [-0.39, 0.29) is 29.7 Å². The number of carbonyl (C=O) groups is 1. The summed E-state index contributed by atoms with van der Waals surface area (Å²) in [5, 5.41) is 9.35. The van der Waals surface area contributed by atoms with Crippen LogP contribution in [-0.4, -0.2) is 28.7 Å². The molecular weight excluding hydrogens is 449 g/mol. The van der Waals surface area contributed by atoms with Crippen molar-refractivity contribution in [2.45, 2.75) is 24.7 Å². The summed E-state index contributed by atoms with van der Waals surface area (Å²) in [6.45, 7) is 0.0689. The summed E-state index contributed by atoms with van der Waals surface area (Å²) in [5.74, 6) is 0.185. The number of fused-ring (bicyclic) bond motifs is 2. The molecule has 166 valence electrons. The van der Waals surface area contributed by atoms with Crippen LogP contribution >= 0.6 is 11.6 Å². The molecule has 0 unspecified atom stereocenters. The van der Waals surface area contributed by atoms with Crippen molar-refractivity contribution in [3.63, 3.8) is 0 Å². The number of halogens is 4. The zero-order chi connectivity index (χ0) is 22.5. The van der Waals surface area contributed by atoms with Gasteiger partial charge in [-0.2, -0.15) is 18.3 Å². The van der Waals surface area contributed by atoms with E-state index in [0.717, 1.165) is 4.68 Å². The predicted octanol–water partition coefficient (Wildman–Crippen LogP) is 5.18. The van der Waals surface area contributed by atoms with Crippen LogP contribution in [0.1, 0.15) is 34.6 Å². The van der Waals surface area contributed by atoms with Crippen LogP contribution in [0.5, 0.6) is 11.5 Å². The second-order valence-electron chi connectivity index (χ2n) is 7.38. The Labute approximate surface area is 185 Å². The van der Waals surface area contributed by atoms with Gasteiger partial charge in [-0.3, -0.25) is 4.79 Å². The third-order valence-electron chi connectivity index (χ3n) is 5.34. The van der Waals surface area contributed by atoms with E-state index in [4.69, 9.17) is 21.1 Å². The van der Waals surface area contributed by atoms with E-state index in [1.807, 2.05) is 0 Å². The first kappa shape index (κ1) is 20.5. The maximum atomic E-state index is 13.9. The van der Waals surface area contributed by atoms with Crippen molar-refractivity contribution in [1.29, 1.82) is 0 Å². The Morgan fingerprint density at radius 3 is 2.66 bits per heavy atom. The number of hydrogen-bond acceptors (Lipinski definition) is 5. The molecule has 0 saturated carbocycles. The number of ether oxygens (including phenoxy) is 2. The van der Waals surface area contributed by atoms with Gasteiger partial charge in [0.15, 0.2) is 23.2 Å². The molecule has 5 rings (SSSR count). The van der Waals surface area contributed by atoms with Gasteiger partial charge in [0.25, 0.3) is 5.91 Å². The molecule has 7 nitrogen and oxygen atoms in total. The molecule has 1 amide bonds. The van der Waals surface area contributed by atoms with Crippen molar-refractivity contribution in [3.05, 3.63) is 64.8 Å². The first-order chi connectivity index (χ1) is 15.3. The number of aromatic nitrogens is 2. The summed E-state index contributed by atoms with van der Waals surface area (Å²) < 4.78 is 52.8. The maximum Gasteiger partial charge on any atom is 0.410 e. The van der Waals surface area contributed by atoms with Crippen molar-refractivity contribution in [1.82, 2.24) is 9.78 Å². The molecule has 1 aromatic heterocycles. The van der Waals surface area contributed by atoms with Crippen LogP contribution < -0.4 is 20.1 Å².